The minimum absolute atomic E-state index is 0.00432. The van der Waals surface area contributed by atoms with E-state index in [1.165, 1.54) is 7.11 Å². The lowest BCUT2D eigenvalue weighted by molar-refractivity contribution is -0.146. The van der Waals surface area contributed by atoms with Gasteiger partial charge in [-0.05, 0) is 25.0 Å². The lowest BCUT2D eigenvalue weighted by atomic mass is 9.95. The average molecular weight is 428 g/mol. The molecule has 1 aromatic heterocycles. The molecule has 1 aliphatic carbocycles. The van der Waals surface area contributed by atoms with Gasteiger partial charge in [0.2, 0.25) is 0 Å². The molecule has 1 atom stereocenters. The molecule has 0 spiro atoms. The number of nitrogens with zero attached hydrogens (tertiary/aromatic N) is 3. The summed E-state index contributed by atoms with van der Waals surface area (Å²) in [6.07, 6.45) is 4.82. The van der Waals surface area contributed by atoms with E-state index in [0.717, 1.165) is 53.1 Å². The van der Waals surface area contributed by atoms with Gasteiger partial charge in [0, 0.05) is 6.04 Å². The smallest absolute Gasteiger partial charge is 0.358 e. The van der Waals surface area contributed by atoms with E-state index in [9.17, 15) is 19.2 Å². The molecule has 2 aromatic rings. The Labute approximate surface area is 177 Å². The van der Waals surface area contributed by atoms with E-state index >= 15 is 0 Å². The zero-order valence-electron chi connectivity index (χ0n) is 17.4. The first-order valence-electron chi connectivity index (χ1n) is 10.2. The van der Waals surface area contributed by atoms with Crippen molar-refractivity contribution in [3.05, 3.63) is 56.9 Å². The van der Waals surface area contributed by atoms with Gasteiger partial charge in [0.15, 0.2) is 6.04 Å². The second kappa shape index (κ2) is 8.29. The van der Waals surface area contributed by atoms with Gasteiger partial charge in [-0.15, -0.1) is 0 Å². The molecule has 1 N–H and O–H groups in total. The normalized spacial score (nSPS) is 18.6. The summed E-state index contributed by atoms with van der Waals surface area (Å²) < 4.78 is 12.7. The fourth-order valence-electron chi connectivity index (χ4n) is 4.28. The number of para-hydroxylation sites is 1. The number of esters is 2. The predicted molar refractivity (Wildman–Crippen MR) is 111 cm³/mol. The molecule has 1 aliphatic heterocycles. The van der Waals surface area contributed by atoms with Crippen LogP contribution in [0.25, 0.3) is 11.5 Å². The summed E-state index contributed by atoms with van der Waals surface area (Å²) in [6, 6.07) is 6.95. The number of ether oxygens (including phenoxy) is 2. The van der Waals surface area contributed by atoms with Crippen LogP contribution in [0.5, 0.6) is 0 Å². The Morgan fingerprint density at radius 3 is 2.26 bits per heavy atom. The number of methoxy groups -OCH3 is 2. The van der Waals surface area contributed by atoms with Crippen molar-refractivity contribution in [3.8, 4) is 5.69 Å². The third-order valence-corrected chi connectivity index (χ3v) is 5.75. The summed E-state index contributed by atoms with van der Waals surface area (Å²) in [6.45, 7) is 0. The highest BCUT2D eigenvalue weighted by atomic mass is 16.5. The van der Waals surface area contributed by atoms with E-state index in [4.69, 9.17) is 9.47 Å². The highest BCUT2D eigenvalue weighted by Gasteiger charge is 2.45. The van der Waals surface area contributed by atoms with Crippen molar-refractivity contribution < 1.29 is 19.1 Å². The van der Waals surface area contributed by atoms with Gasteiger partial charge < -0.3 is 14.8 Å². The molecule has 0 amide bonds. The molecule has 2 heterocycles. The SMILES string of the molecule is COC(=O)C1=C(NC2CCCCC2)n2c(=O)n(-c3ccccc3)c(=O)n2C1C(=O)OC. The minimum Gasteiger partial charge on any atom is -0.467 e. The van der Waals surface area contributed by atoms with Gasteiger partial charge in [0.05, 0.1) is 19.9 Å². The third kappa shape index (κ3) is 3.37. The number of carbonyl (C=O) groups excluding carboxylic acids is 2. The van der Waals surface area contributed by atoms with Crippen molar-refractivity contribution >= 4 is 17.8 Å². The highest BCUT2D eigenvalue weighted by Crippen LogP contribution is 2.31. The van der Waals surface area contributed by atoms with Gasteiger partial charge in [-0.25, -0.2) is 28.4 Å². The van der Waals surface area contributed by atoms with Crippen LogP contribution in [0.15, 0.2) is 45.5 Å². The summed E-state index contributed by atoms with van der Waals surface area (Å²) in [5.74, 6) is -1.57. The van der Waals surface area contributed by atoms with E-state index in [-0.39, 0.29) is 17.4 Å². The van der Waals surface area contributed by atoms with E-state index in [0.29, 0.717) is 5.69 Å². The summed E-state index contributed by atoms with van der Waals surface area (Å²) in [5.41, 5.74) is -1.21. The predicted octanol–water partition coefficient (Wildman–Crippen LogP) is 0.792. The van der Waals surface area contributed by atoms with Crippen molar-refractivity contribution in [3.63, 3.8) is 0 Å². The van der Waals surface area contributed by atoms with Crippen LogP contribution in [0.3, 0.4) is 0 Å². The fourth-order valence-corrected chi connectivity index (χ4v) is 4.28. The fraction of sp³-hybridized carbons (Fsp3) is 0.429. The molecule has 0 saturated heterocycles. The van der Waals surface area contributed by atoms with Gasteiger partial charge in [-0.1, -0.05) is 37.5 Å². The van der Waals surface area contributed by atoms with Crippen LogP contribution in [-0.4, -0.2) is 46.1 Å². The van der Waals surface area contributed by atoms with Crippen LogP contribution in [-0.2, 0) is 19.1 Å². The van der Waals surface area contributed by atoms with Crippen molar-refractivity contribution in [1.82, 2.24) is 19.2 Å². The summed E-state index contributed by atoms with van der Waals surface area (Å²) >= 11 is 0. The second-order valence-electron chi connectivity index (χ2n) is 7.55. The number of benzene rings is 1. The standard InChI is InChI=1S/C21H24N4O6/c1-30-18(26)15-16(19(27)31-2)24-20(28)23(14-11-7-4-8-12-14)21(29)25(24)17(15)22-13-9-5-3-6-10-13/h4,7-8,11-13,16,22H,3,5-6,9-10H2,1-2H3. The van der Waals surface area contributed by atoms with Gasteiger partial charge in [0.25, 0.3) is 0 Å². The molecule has 0 bridgehead atoms. The third-order valence-electron chi connectivity index (χ3n) is 5.75. The number of rotatable bonds is 5. The zero-order valence-corrected chi connectivity index (χ0v) is 17.4. The first kappa shape index (κ1) is 20.7. The van der Waals surface area contributed by atoms with Crippen molar-refractivity contribution in [2.45, 2.75) is 44.2 Å². The molecule has 164 valence electrons. The molecule has 31 heavy (non-hydrogen) atoms. The number of nitrogens with one attached hydrogen (secondary N) is 1. The molecule has 1 unspecified atom stereocenters. The van der Waals surface area contributed by atoms with Gasteiger partial charge >= 0.3 is 23.3 Å². The molecule has 1 fully saturated rings. The largest absolute Gasteiger partial charge is 0.467 e. The van der Waals surface area contributed by atoms with Crippen molar-refractivity contribution in [2.75, 3.05) is 14.2 Å². The molecule has 2 aliphatic rings. The lowest BCUT2D eigenvalue weighted by Crippen LogP contribution is -2.36. The number of carbonyl (C=O) groups is 2. The van der Waals surface area contributed by atoms with Gasteiger partial charge in [0.1, 0.15) is 11.4 Å². The van der Waals surface area contributed by atoms with Crippen molar-refractivity contribution in [1.29, 1.82) is 0 Å². The molecular formula is C21H24N4O6. The van der Waals surface area contributed by atoms with Gasteiger partial charge in [-0.3, -0.25) is 0 Å². The topological polar surface area (TPSA) is 114 Å². The quantitative estimate of drug-likeness (QED) is 0.701. The van der Waals surface area contributed by atoms with Crippen LogP contribution < -0.4 is 16.7 Å². The Hall–Kier alpha value is -3.56. The monoisotopic (exact) mass is 428 g/mol. The highest BCUT2D eigenvalue weighted by molar-refractivity contribution is 6.02. The molecular weight excluding hydrogens is 404 g/mol. The van der Waals surface area contributed by atoms with E-state index in [2.05, 4.69) is 5.32 Å². The summed E-state index contributed by atoms with van der Waals surface area (Å²) in [5, 5.41) is 3.24. The number of hydrogen-bond acceptors (Lipinski definition) is 7. The second-order valence-corrected chi connectivity index (χ2v) is 7.55. The maximum atomic E-state index is 13.4. The van der Waals surface area contributed by atoms with E-state index in [1.54, 1.807) is 30.3 Å². The first-order valence-corrected chi connectivity index (χ1v) is 10.2. The van der Waals surface area contributed by atoms with Gasteiger partial charge in [-0.2, -0.15) is 4.68 Å². The Morgan fingerprint density at radius 1 is 0.968 bits per heavy atom. The maximum absolute atomic E-state index is 13.4. The van der Waals surface area contributed by atoms with E-state index in [1.807, 2.05) is 0 Å². The number of hydrogen-bond donors (Lipinski definition) is 1. The summed E-state index contributed by atoms with van der Waals surface area (Å²) in [4.78, 5) is 52.0. The molecule has 10 heteroatoms. The Morgan fingerprint density at radius 2 is 1.65 bits per heavy atom. The zero-order chi connectivity index (χ0) is 22.1. The molecule has 10 nitrogen and oxygen atoms in total. The Balaban J connectivity index is 1.96. The van der Waals surface area contributed by atoms with Crippen LogP contribution >= 0.6 is 0 Å². The lowest BCUT2D eigenvalue weighted by Gasteiger charge is -2.24. The molecule has 1 saturated carbocycles. The Kier molecular flexibility index (Phi) is 5.53. The minimum atomic E-state index is -1.44. The van der Waals surface area contributed by atoms with E-state index < -0.39 is 29.4 Å². The number of aromatic nitrogens is 3. The molecule has 1 aromatic carbocycles. The number of fused-ring (bicyclic) bond motifs is 1. The summed E-state index contributed by atoms with van der Waals surface area (Å²) in [7, 11) is 2.34. The maximum Gasteiger partial charge on any atom is 0.358 e. The molecule has 4 rings (SSSR count). The van der Waals surface area contributed by atoms with Crippen LogP contribution in [0.4, 0.5) is 0 Å². The van der Waals surface area contributed by atoms with Crippen LogP contribution in [0.1, 0.15) is 38.1 Å². The Bertz CT molecular complexity index is 1150. The molecule has 0 radical (unpaired) electrons. The first-order chi connectivity index (χ1) is 15.0. The van der Waals surface area contributed by atoms with Crippen LogP contribution in [0.2, 0.25) is 0 Å². The van der Waals surface area contributed by atoms with Crippen molar-refractivity contribution in [2.24, 2.45) is 0 Å². The average Bonchev–Trinajstić information content (AvgIpc) is 3.26. The van der Waals surface area contributed by atoms with Crippen LogP contribution in [0, 0.1) is 0 Å².